The number of carbonyl (C=O) groups is 1. The fraction of sp³-hybridized carbons (Fsp3) is 0.462. The second kappa shape index (κ2) is 7.82. The Morgan fingerprint density at radius 2 is 2.32 bits per heavy atom. The summed E-state index contributed by atoms with van der Waals surface area (Å²) in [6.45, 7) is 1.34. The van der Waals surface area contributed by atoms with Crippen molar-refractivity contribution in [3.63, 3.8) is 0 Å². The SMILES string of the molecule is Cl.O=C(CC1CCCN1)NCc1cc(F)ccc1Br. The maximum Gasteiger partial charge on any atom is 0.221 e. The molecule has 0 saturated carbocycles. The molecule has 0 radical (unpaired) electrons. The van der Waals surface area contributed by atoms with Gasteiger partial charge in [-0.2, -0.15) is 0 Å². The minimum Gasteiger partial charge on any atom is -0.352 e. The molecule has 106 valence electrons. The van der Waals surface area contributed by atoms with Gasteiger partial charge in [-0.1, -0.05) is 15.9 Å². The zero-order chi connectivity index (χ0) is 13.0. The molecular formula is C13H17BrClFN2O. The van der Waals surface area contributed by atoms with Crippen LogP contribution >= 0.6 is 28.3 Å². The van der Waals surface area contributed by atoms with E-state index in [1.807, 2.05) is 0 Å². The second-order valence-corrected chi connectivity index (χ2v) is 5.36. The number of amides is 1. The van der Waals surface area contributed by atoms with Crippen molar-refractivity contribution in [2.45, 2.75) is 31.8 Å². The lowest BCUT2D eigenvalue weighted by Gasteiger charge is -2.11. The highest BCUT2D eigenvalue weighted by molar-refractivity contribution is 9.10. The number of carbonyl (C=O) groups excluding carboxylic acids is 1. The van der Waals surface area contributed by atoms with E-state index in [-0.39, 0.29) is 24.1 Å². The van der Waals surface area contributed by atoms with Crippen molar-refractivity contribution >= 4 is 34.2 Å². The van der Waals surface area contributed by atoms with Gasteiger partial charge in [0, 0.05) is 23.5 Å². The first-order chi connectivity index (χ1) is 8.65. The van der Waals surface area contributed by atoms with Crippen LogP contribution in [-0.4, -0.2) is 18.5 Å². The van der Waals surface area contributed by atoms with Gasteiger partial charge in [-0.05, 0) is 43.1 Å². The largest absolute Gasteiger partial charge is 0.352 e. The third-order valence-corrected chi connectivity index (χ3v) is 3.85. The maximum absolute atomic E-state index is 13.1. The summed E-state index contributed by atoms with van der Waals surface area (Å²) in [7, 11) is 0. The molecule has 1 fully saturated rings. The summed E-state index contributed by atoms with van der Waals surface area (Å²) in [5.74, 6) is -0.287. The molecule has 1 aliphatic rings. The van der Waals surface area contributed by atoms with E-state index < -0.39 is 0 Å². The summed E-state index contributed by atoms with van der Waals surface area (Å²) in [6.07, 6.45) is 2.68. The summed E-state index contributed by atoms with van der Waals surface area (Å²) in [6, 6.07) is 4.76. The number of rotatable bonds is 4. The van der Waals surface area contributed by atoms with Gasteiger partial charge in [0.15, 0.2) is 0 Å². The van der Waals surface area contributed by atoms with E-state index in [2.05, 4.69) is 26.6 Å². The van der Waals surface area contributed by atoms with Gasteiger partial charge in [0.05, 0.1) is 0 Å². The van der Waals surface area contributed by atoms with Crippen LogP contribution in [-0.2, 0) is 11.3 Å². The summed E-state index contributed by atoms with van der Waals surface area (Å²) in [5.41, 5.74) is 0.753. The zero-order valence-corrected chi connectivity index (χ0v) is 12.8. The lowest BCUT2D eigenvalue weighted by molar-refractivity contribution is -0.121. The third-order valence-electron chi connectivity index (χ3n) is 3.08. The third kappa shape index (κ3) is 5.09. The van der Waals surface area contributed by atoms with E-state index >= 15 is 0 Å². The Balaban J connectivity index is 0.00000180. The van der Waals surface area contributed by atoms with Gasteiger partial charge >= 0.3 is 0 Å². The number of hydrogen-bond donors (Lipinski definition) is 2. The molecule has 1 saturated heterocycles. The number of hydrogen-bond acceptors (Lipinski definition) is 2. The summed E-state index contributed by atoms with van der Waals surface area (Å²) < 4.78 is 13.9. The number of halogens is 3. The first-order valence-electron chi connectivity index (χ1n) is 6.09. The van der Waals surface area contributed by atoms with E-state index in [4.69, 9.17) is 0 Å². The van der Waals surface area contributed by atoms with Crippen molar-refractivity contribution in [1.29, 1.82) is 0 Å². The molecule has 1 atom stereocenters. The van der Waals surface area contributed by atoms with Gasteiger partial charge in [0.25, 0.3) is 0 Å². The molecule has 2 rings (SSSR count). The van der Waals surface area contributed by atoms with Crippen molar-refractivity contribution in [2.24, 2.45) is 0 Å². The van der Waals surface area contributed by atoms with Gasteiger partial charge in [0.2, 0.25) is 5.91 Å². The highest BCUT2D eigenvalue weighted by Gasteiger charge is 2.17. The number of benzene rings is 1. The van der Waals surface area contributed by atoms with Crippen LogP contribution in [0.3, 0.4) is 0 Å². The normalized spacial score (nSPS) is 17.9. The molecule has 1 aromatic carbocycles. The lowest BCUT2D eigenvalue weighted by Crippen LogP contribution is -2.31. The average molecular weight is 352 g/mol. The van der Waals surface area contributed by atoms with E-state index in [1.165, 1.54) is 12.1 Å². The summed E-state index contributed by atoms with van der Waals surface area (Å²) in [4.78, 5) is 11.7. The second-order valence-electron chi connectivity index (χ2n) is 4.51. The fourth-order valence-electron chi connectivity index (χ4n) is 2.10. The monoisotopic (exact) mass is 350 g/mol. The first-order valence-corrected chi connectivity index (χ1v) is 6.88. The minimum absolute atomic E-state index is 0. The molecule has 0 bridgehead atoms. The smallest absolute Gasteiger partial charge is 0.221 e. The lowest BCUT2D eigenvalue weighted by atomic mass is 10.1. The number of nitrogens with one attached hydrogen (secondary N) is 2. The van der Waals surface area contributed by atoms with Crippen LogP contribution in [0, 0.1) is 5.82 Å². The Morgan fingerprint density at radius 1 is 1.53 bits per heavy atom. The van der Waals surface area contributed by atoms with Crippen molar-refractivity contribution in [1.82, 2.24) is 10.6 Å². The van der Waals surface area contributed by atoms with E-state index in [9.17, 15) is 9.18 Å². The van der Waals surface area contributed by atoms with Gasteiger partial charge < -0.3 is 10.6 Å². The first kappa shape index (κ1) is 16.4. The van der Waals surface area contributed by atoms with Crippen LogP contribution < -0.4 is 10.6 Å². The highest BCUT2D eigenvalue weighted by Crippen LogP contribution is 2.17. The molecule has 0 aromatic heterocycles. The molecular weight excluding hydrogens is 335 g/mol. The Bertz CT molecular complexity index is 439. The maximum atomic E-state index is 13.1. The van der Waals surface area contributed by atoms with Gasteiger partial charge in [-0.15, -0.1) is 12.4 Å². The van der Waals surface area contributed by atoms with Gasteiger partial charge in [-0.25, -0.2) is 4.39 Å². The van der Waals surface area contributed by atoms with E-state index in [0.29, 0.717) is 19.0 Å². The van der Waals surface area contributed by atoms with Crippen LogP contribution in [0.5, 0.6) is 0 Å². The van der Waals surface area contributed by atoms with E-state index in [1.54, 1.807) is 6.07 Å². The Labute approximate surface area is 126 Å². The van der Waals surface area contributed by atoms with Crippen LogP contribution in [0.25, 0.3) is 0 Å². The molecule has 3 nitrogen and oxygen atoms in total. The van der Waals surface area contributed by atoms with Gasteiger partial charge in [-0.3, -0.25) is 4.79 Å². The highest BCUT2D eigenvalue weighted by atomic mass is 79.9. The van der Waals surface area contributed by atoms with E-state index in [0.717, 1.165) is 29.4 Å². The molecule has 6 heteroatoms. The Morgan fingerprint density at radius 3 is 3.00 bits per heavy atom. The molecule has 1 heterocycles. The summed E-state index contributed by atoms with van der Waals surface area (Å²) >= 11 is 3.34. The standard InChI is InChI=1S/C13H16BrFN2O.ClH/c14-12-4-3-10(15)6-9(12)8-17-13(18)7-11-2-1-5-16-11;/h3-4,6,11,16H,1-2,5,7-8H2,(H,17,18);1H. The summed E-state index contributed by atoms with van der Waals surface area (Å²) in [5, 5.41) is 6.09. The quantitative estimate of drug-likeness (QED) is 0.876. The average Bonchev–Trinajstić information content (AvgIpc) is 2.83. The van der Waals surface area contributed by atoms with Crippen molar-refractivity contribution < 1.29 is 9.18 Å². The molecule has 1 aromatic rings. The molecule has 2 N–H and O–H groups in total. The zero-order valence-electron chi connectivity index (χ0n) is 10.4. The van der Waals surface area contributed by atoms with Crippen LogP contribution in [0.1, 0.15) is 24.8 Å². The molecule has 0 aliphatic carbocycles. The molecule has 0 spiro atoms. The molecule has 1 amide bonds. The predicted octanol–water partition coefficient (Wildman–Crippen LogP) is 2.77. The fourth-order valence-corrected chi connectivity index (χ4v) is 2.49. The topological polar surface area (TPSA) is 41.1 Å². The van der Waals surface area contributed by atoms with Crippen molar-refractivity contribution in [3.05, 3.63) is 34.1 Å². The van der Waals surface area contributed by atoms with Crippen molar-refractivity contribution in [3.8, 4) is 0 Å². The van der Waals surface area contributed by atoms with Crippen LogP contribution in [0.4, 0.5) is 4.39 Å². The predicted molar refractivity (Wildman–Crippen MR) is 78.8 cm³/mol. The Kier molecular flexibility index (Phi) is 6.75. The molecule has 1 aliphatic heterocycles. The molecule has 19 heavy (non-hydrogen) atoms. The van der Waals surface area contributed by atoms with Crippen molar-refractivity contribution in [2.75, 3.05) is 6.54 Å². The van der Waals surface area contributed by atoms with Crippen LogP contribution in [0.2, 0.25) is 0 Å². The molecule has 1 unspecified atom stereocenters. The minimum atomic E-state index is -0.292. The van der Waals surface area contributed by atoms with Crippen LogP contribution in [0.15, 0.2) is 22.7 Å². The Hall–Kier alpha value is -0.650. The van der Waals surface area contributed by atoms with Gasteiger partial charge in [0.1, 0.15) is 5.82 Å².